The quantitative estimate of drug-likeness (QED) is 0.531. The zero-order valence-corrected chi connectivity index (χ0v) is 14.8. The number of ether oxygens (including phenoxy) is 1. The van der Waals surface area contributed by atoms with Crippen LogP contribution in [0.1, 0.15) is 6.92 Å². The zero-order chi connectivity index (χ0) is 17.9. The highest BCUT2D eigenvalue weighted by Gasteiger charge is 2.09. The lowest BCUT2D eigenvalue weighted by atomic mass is 10.2. The van der Waals surface area contributed by atoms with E-state index in [1.807, 2.05) is 36.4 Å². The Balaban J connectivity index is 1.65. The lowest BCUT2D eigenvalue weighted by molar-refractivity contribution is 0.415. The van der Waals surface area contributed by atoms with Gasteiger partial charge in [0.1, 0.15) is 16.8 Å². The third kappa shape index (κ3) is 2.99. The smallest absolute Gasteiger partial charge is 0.121 e. The molecule has 3 aromatic carbocycles. The average molecular weight is 344 g/mol. The minimum absolute atomic E-state index is 0.779. The van der Waals surface area contributed by atoms with Crippen LogP contribution in [-0.2, 0) is 0 Å². The molecule has 26 heavy (non-hydrogen) atoms. The molecule has 0 radical (unpaired) electrons. The summed E-state index contributed by atoms with van der Waals surface area (Å²) < 4.78 is 5.25. The topological polar surface area (TPSA) is 43.2 Å². The molecule has 0 aliphatic heterocycles. The van der Waals surface area contributed by atoms with Crippen molar-refractivity contribution in [3.63, 3.8) is 0 Å². The normalized spacial score (nSPS) is 10.8. The molecule has 0 N–H and O–H groups in total. The molecule has 0 spiro atoms. The number of hydrogen-bond acceptors (Lipinski definition) is 4. The Morgan fingerprint density at radius 1 is 0.846 bits per heavy atom. The Morgan fingerprint density at radius 2 is 1.54 bits per heavy atom. The maximum absolute atomic E-state index is 5.25. The molecule has 1 aromatic heterocycles. The Labute approximate surface area is 152 Å². The first-order chi connectivity index (χ1) is 12.8. The van der Waals surface area contributed by atoms with Crippen molar-refractivity contribution in [2.45, 2.75) is 6.92 Å². The van der Waals surface area contributed by atoms with Crippen molar-refractivity contribution in [1.29, 1.82) is 0 Å². The number of anilines is 2. The fourth-order valence-electron chi connectivity index (χ4n) is 3.02. The van der Waals surface area contributed by atoms with E-state index in [9.17, 15) is 0 Å². The summed E-state index contributed by atoms with van der Waals surface area (Å²) in [6.45, 7) is 3.04. The molecule has 5 nitrogen and oxygen atoms in total. The molecule has 0 amide bonds. The minimum Gasteiger partial charge on any atom is -0.497 e. The average Bonchev–Trinajstić information content (AvgIpc) is 3.13. The van der Waals surface area contributed by atoms with Crippen LogP contribution in [0.2, 0.25) is 0 Å². The van der Waals surface area contributed by atoms with Crippen LogP contribution >= 0.6 is 0 Å². The SMILES string of the molecule is CCN(c1ccccc1)c1ccc(-n2nc3ccc(OC)cc3n2)cc1. The molecular formula is C21H20N4O. The molecule has 0 aliphatic rings. The van der Waals surface area contributed by atoms with Crippen molar-refractivity contribution < 1.29 is 4.74 Å². The Morgan fingerprint density at radius 3 is 2.23 bits per heavy atom. The van der Waals surface area contributed by atoms with Gasteiger partial charge in [-0.1, -0.05) is 18.2 Å². The first-order valence-corrected chi connectivity index (χ1v) is 8.62. The molecule has 130 valence electrons. The summed E-state index contributed by atoms with van der Waals surface area (Å²) in [4.78, 5) is 3.92. The van der Waals surface area contributed by atoms with Crippen LogP contribution in [0, 0.1) is 0 Å². The van der Waals surface area contributed by atoms with Gasteiger partial charge in [0.25, 0.3) is 0 Å². The predicted molar refractivity (Wildman–Crippen MR) is 105 cm³/mol. The molecule has 0 bridgehead atoms. The Bertz CT molecular complexity index is 1010. The number of aromatic nitrogens is 3. The van der Waals surface area contributed by atoms with E-state index in [-0.39, 0.29) is 0 Å². The standard InChI is InChI=1S/C21H20N4O/c1-3-24(16-7-5-4-6-8-16)17-9-11-18(12-10-17)25-22-20-14-13-19(26-2)15-21(20)23-25/h4-15H,3H2,1-2H3. The number of benzene rings is 3. The molecule has 4 rings (SSSR count). The van der Waals surface area contributed by atoms with E-state index in [0.29, 0.717) is 0 Å². The summed E-state index contributed by atoms with van der Waals surface area (Å²) in [5, 5.41) is 9.10. The van der Waals surface area contributed by atoms with Gasteiger partial charge in [-0.3, -0.25) is 0 Å². The zero-order valence-electron chi connectivity index (χ0n) is 14.8. The molecule has 0 atom stereocenters. The highest BCUT2D eigenvalue weighted by atomic mass is 16.5. The molecule has 0 unspecified atom stereocenters. The molecule has 0 fully saturated rings. The van der Waals surface area contributed by atoms with Crippen molar-refractivity contribution in [1.82, 2.24) is 15.0 Å². The van der Waals surface area contributed by atoms with Gasteiger partial charge >= 0.3 is 0 Å². The Kier molecular flexibility index (Phi) is 4.27. The van der Waals surface area contributed by atoms with Gasteiger partial charge in [0.15, 0.2) is 0 Å². The highest BCUT2D eigenvalue weighted by Crippen LogP contribution is 2.26. The second kappa shape index (κ2) is 6.88. The number of rotatable bonds is 5. The molecule has 5 heteroatoms. The summed E-state index contributed by atoms with van der Waals surface area (Å²) >= 11 is 0. The van der Waals surface area contributed by atoms with Gasteiger partial charge in [-0.25, -0.2) is 0 Å². The number of nitrogens with zero attached hydrogens (tertiary/aromatic N) is 4. The van der Waals surface area contributed by atoms with Gasteiger partial charge in [0.05, 0.1) is 12.8 Å². The summed E-state index contributed by atoms with van der Waals surface area (Å²) in [6.07, 6.45) is 0. The first-order valence-electron chi connectivity index (χ1n) is 8.62. The molecule has 1 heterocycles. The molecule has 0 saturated carbocycles. The van der Waals surface area contributed by atoms with Crippen LogP contribution in [-0.4, -0.2) is 28.6 Å². The van der Waals surface area contributed by atoms with Gasteiger partial charge in [0, 0.05) is 24.0 Å². The van der Waals surface area contributed by atoms with Crippen molar-refractivity contribution >= 4 is 22.4 Å². The van der Waals surface area contributed by atoms with E-state index in [2.05, 4.69) is 58.4 Å². The summed E-state index contributed by atoms with van der Waals surface area (Å²) in [6, 6.07) is 24.3. The number of para-hydroxylation sites is 1. The van der Waals surface area contributed by atoms with Crippen LogP contribution in [0.25, 0.3) is 16.7 Å². The summed E-state index contributed by atoms with van der Waals surface area (Å²) in [7, 11) is 1.65. The molecule has 0 saturated heterocycles. The lowest BCUT2D eigenvalue weighted by Crippen LogP contribution is -2.15. The minimum atomic E-state index is 0.779. The molecule has 0 aliphatic carbocycles. The number of hydrogen-bond donors (Lipinski definition) is 0. The van der Waals surface area contributed by atoms with Crippen molar-refractivity contribution in [3.05, 3.63) is 72.8 Å². The van der Waals surface area contributed by atoms with E-state index in [1.165, 1.54) is 5.69 Å². The second-order valence-corrected chi connectivity index (χ2v) is 5.94. The van der Waals surface area contributed by atoms with Crippen molar-refractivity contribution in [2.75, 3.05) is 18.6 Å². The molecular weight excluding hydrogens is 324 g/mol. The first kappa shape index (κ1) is 16.1. The second-order valence-electron chi connectivity index (χ2n) is 5.94. The number of fused-ring (bicyclic) bond motifs is 1. The van der Waals surface area contributed by atoms with Gasteiger partial charge in [-0.15, -0.1) is 10.2 Å². The van der Waals surface area contributed by atoms with Gasteiger partial charge in [0.2, 0.25) is 0 Å². The fourth-order valence-corrected chi connectivity index (χ4v) is 3.02. The third-order valence-corrected chi connectivity index (χ3v) is 4.36. The summed E-state index contributed by atoms with van der Waals surface area (Å²) in [5.74, 6) is 0.779. The molecule has 4 aromatic rings. The van der Waals surface area contributed by atoms with Crippen LogP contribution in [0.5, 0.6) is 5.75 Å². The predicted octanol–water partition coefficient (Wildman–Crippen LogP) is 4.59. The number of methoxy groups -OCH3 is 1. The van der Waals surface area contributed by atoms with Crippen LogP contribution < -0.4 is 9.64 Å². The van der Waals surface area contributed by atoms with Gasteiger partial charge < -0.3 is 9.64 Å². The lowest BCUT2D eigenvalue weighted by Gasteiger charge is -2.23. The van der Waals surface area contributed by atoms with Crippen LogP contribution in [0.3, 0.4) is 0 Å². The fraction of sp³-hybridized carbons (Fsp3) is 0.143. The van der Waals surface area contributed by atoms with E-state index in [0.717, 1.165) is 34.7 Å². The maximum Gasteiger partial charge on any atom is 0.121 e. The van der Waals surface area contributed by atoms with Crippen molar-refractivity contribution in [2.24, 2.45) is 0 Å². The largest absolute Gasteiger partial charge is 0.497 e. The van der Waals surface area contributed by atoms with E-state index in [4.69, 9.17) is 4.74 Å². The van der Waals surface area contributed by atoms with Crippen LogP contribution in [0.15, 0.2) is 72.8 Å². The van der Waals surface area contributed by atoms with Gasteiger partial charge in [-0.05, 0) is 55.5 Å². The van der Waals surface area contributed by atoms with Gasteiger partial charge in [-0.2, -0.15) is 4.80 Å². The van der Waals surface area contributed by atoms with E-state index >= 15 is 0 Å². The third-order valence-electron chi connectivity index (χ3n) is 4.36. The van der Waals surface area contributed by atoms with E-state index < -0.39 is 0 Å². The summed E-state index contributed by atoms with van der Waals surface area (Å²) in [5.41, 5.74) is 4.90. The van der Waals surface area contributed by atoms with Crippen molar-refractivity contribution in [3.8, 4) is 11.4 Å². The monoisotopic (exact) mass is 344 g/mol. The highest BCUT2D eigenvalue weighted by molar-refractivity contribution is 5.75. The van der Waals surface area contributed by atoms with Crippen LogP contribution in [0.4, 0.5) is 11.4 Å². The van der Waals surface area contributed by atoms with E-state index in [1.54, 1.807) is 11.9 Å². The Hall–Kier alpha value is -3.34. The maximum atomic E-state index is 5.25.